The molecule has 2 rings (SSSR count). The average molecular weight is 312 g/mol. The molecule has 1 N–H and O–H groups in total. The number of halogens is 1. The number of rotatable bonds is 7. The molecule has 0 radical (unpaired) electrons. The predicted octanol–water partition coefficient (Wildman–Crippen LogP) is 5.45. The van der Waals surface area contributed by atoms with Gasteiger partial charge in [-0.05, 0) is 42.7 Å². The summed E-state index contributed by atoms with van der Waals surface area (Å²) in [6.45, 7) is 4.53. The van der Waals surface area contributed by atoms with Gasteiger partial charge in [0.05, 0.1) is 0 Å². The van der Waals surface area contributed by atoms with E-state index < -0.39 is 0 Å². The molecule has 1 saturated carbocycles. The van der Waals surface area contributed by atoms with Crippen LogP contribution >= 0.6 is 23.4 Å². The van der Waals surface area contributed by atoms with Gasteiger partial charge in [0.2, 0.25) is 0 Å². The standard InChI is InChI=1S/C17H26ClNS/c1-3-6-15(13-9-11-14(18)12-10-13)19-16-7-5-8-17(16)20-4-2/h9-12,15-17,19H,3-8H2,1-2H3. The minimum atomic E-state index is 0.473. The molecule has 0 aromatic heterocycles. The third-order valence-corrected chi connectivity index (χ3v) is 5.68. The maximum atomic E-state index is 6.00. The van der Waals surface area contributed by atoms with Gasteiger partial charge in [0.25, 0.3) is 0 Å². The lowest BCUT2D eigenvalue weighted by atomic mass is 10.0. The Hall–Kier alpha value is -0.180. The highest BCUT2D eigenvalue weighted by Gasteiger charge is 2.29. The number of benzene rings is 1. The molecule has 0 aliphatic heterocycles. The molecule has 0 bridgehead atoms. The smallest absolute Gasteiger partial charge is 0.0406 e. The first-order valence-corrected chi connectivity index (χ1v) is 9.30. The Balaban J connectivity index is 2.03. The van der Waals surface area contributed by atoms with Crippen LogP contribution in [0.25, 0.3) is 0 Å². The van der Waals surface area contributed by atoms with Gasteiger partial charge in [0, 0.05) is 22.4 Å². The fraction of sp³-hybridized carbons (Fsp3) is 0.647. The number of nitrogens with one attached hydrogen (secondary N) is 1. The summed E-state index contributed by atoms with van der Waals surface area (Å²) in [6, 6.07) is 9.51. The lowest BCUT2D eigenvalue weighted by Gasteiger charge is -2.27. The summed E-state index contributed by atoms with van der Waals surface area (Å²) in [5, 5.41) is 5.54. The zero-order valence-corrected chi connectivity index (χ0v) is 14.1. The largest absolute Gasteiger partial charge is 0.306 e. The van der Waals surface area contributed by atoms with Crippen LogP contribution in [0.5, 0.6) is 0 Å². The molecule has 3 unspecified atom stereocenters. The van der Waals surface area contributed by atoms with Gasteiger partial charge in [0.1, 0.15) is 0 Å². The normalized spacial score (nSPS) is 23.9. The third-order valence-electron chi connectivity index (χ3n) is 4.10. The van der Waals surface area contributed by atoms with Gasteiger partial charge in [-0.25, -0.2) is 0 Å². The van der Waals surface area contributed by atoms with Crippen molar-refractivity contribution in [2.45, 2.75) is 63.3 Å². The van der Waals surface area contributed by atoms with E-state index >= 15 is 0 Å². The Bertz CT molecular complexity index is 392. The number of hydrogen-bond acceptors (Lipinski definition) is 2. The molecule has 112 valence electrons. The van der Waals surface area contributed by atoms with Gasteiger partial charge in [-0.2, -0.15) is 11.8 Å². The summed E-state index contributed by atoms with van der Waals surface area (Å²) in [7, 11) is 0. The van der Waals surface area contributed by atoms with Crippen LogP contribution in [0.4, 0.5) is 0 Å². The van der Waals surface area contributed by atoms with Crippen molar-refractivity contribution in [2.75, 3.05) is 5.75 Å². The second-order valence-electron chi connectivity index (χ2n) is 5.59. The highest BCUT2D eigenvalue weighted by molar-refractivity contribution is 7.99. The van der Waals surface area contributed by atoms with Crippen molar-refractivity contribution in [1.82, 2.24) is 5.32 Å². The van der Waals surface area contributed by atoms with E-state index in [-0.39, 0.29) is 0 Å². The summed E-state index contributed by atoms with van der Waals surface area (Å²) in [6.07, 6.45) is 6.47. The van der Waals surface area contributed by atoms with Gasteiger partial charge in [-0.1, -0.05) is 50.4 Å². The highest BCUT2D eigenvalue weighted by atomic mass is 35.5. The van der Waals surface area contributed by atoms with Crippen LogP contribution in [-0.2, 0) is 0 Å². The molecule has 1 aromatic carbocycles. The van der Waals surface area contributed by atoms with Crippen LogP contribution in [0.1, 0.15) is 57.6 Å². The summed E-state index contributed by atoms with van der Waals surface area (Å²) in [5.74, 6) is 1.22. The second kappa shape index (κ2) is 8.31. The Kier molecular flexibility index (Phi) is 6.73. The maximum Gasteiger partial charge on any atom is 0.0406 e. The SMILES string of the molecule is CCCC(NC1CCCC1SCC)c1ccc(Cl)cc1. The molecule has 0 amide bonds. The Morgan fingerprint density at radius 2 is 2.00 bits per heavy atom. The average Bonchev–Trinajstić information content (AvgIpc) is 2.87. The zero-order valence-electron chi connectivity index (χ0n) is 12.6. The van der Waals surface area contributed by atoms with E-state index in [0.29, 0.717) is 12.1 Å². The monoisotopic (exact) mass is 311 g/mol. The molecule has 1 aliphatic rings. The Morgan fingerprint density at radius 1 is 1.25 bits per heavy atom. The summed E-state index contributed by atoms with van der Waals surface area (Å²) in [5.41, 5.74) is 1.38. The van der Waals surface area contributed by atoms with E-state index in [1.165, 1.54) is 43.4 Å². The van der Waals surface area contributed by atoms with Crippen molar-refractivity contribution in [3.63, 3.8) is 0 Å². The van der Waals surface area contributed by atoms with Gasteiger partial charge in [0.15, 0.2) is 0 Å². The molecule has 0 saturated heterocycles. The van der Waals surface area contributed by atoms with Crippen LogP contribution in [-0.4, -0.2) is 17.0 Å². The lowest BCUT2D eigenvalue weighted by molar-refractivity contribution is 0.421. The van der Waals surface area contributed by atoms with Crippen molar-refractivity contribution in [3.05, 3.63) is 34.9 Å². The van der Waals surface area contributed by atoms with Crippen molar-refractivity contribution in [1.29, 1.82) is 0 Å². The topological polar surface area (TPSA) is 12.0 Å². The second-order valence-corrected chi connectivity index (χ2v) is 7.54. The van der Waals surface area contributed by atoms with Crippen LogP contribution in [0.3, 0.4) is 0 Å². The fourth-order valence-corrected chi connectivity index (χ4v) is 4.45. The molecule has 1 nitrogen and oxygen atoms in total. The van der Waals surface area contributed by atoms with Crippen molar-refractivity contribution in [2.24, 2.45) is 0 Å². The van der Waals surface area contributed by atoms with Crippen molar-refractivity contribution in [3.8, 4) is 0 Å². The molecule has 3 atom stereocenters. The van der Waals surface area contributed by atoms with E-state index in [4.69, 9.17) is 11.6 Å². The molecule has 20 heavy (non-hydrogen) atoms. The van der Waals surface area contributed by atoms with E-state index in [2.05, 4.69) is 43.1 Å². The van der Waals surface area contributed by atoms with E-state index in [0.717, 1.165) is 10.3 Å². The van der Waals surface area contributed by atoms with Crippen LogP contribution in [0.15, 0.2) is 24.3 Å². The van der Waals surface area contributed by atoms with Crippen LogP contribution in [0.2, 0.25) is 5.02 Å². The predicted molar refractivity (Wildman–Crippen MR) is 91.8 cm³/mol. The zero-order chi connectivity index (χ0) is 14.4. The fourth-order valence-electron chi connectivity index (χ4n) is 3.12. The lowest BCUT2D eigenvalue weighted by Crippen LogP contribution is -2.37. The summed E-state index contributed by atoms with van der Waals surface area (Å²) in [4.78, 5) is 0. The van der Waals surface area contributed by atoms with Gasteiger partial charge >= 0.3 is 0 Å². The molecule has 1 aliphatic carbocycles. The van der Waals surface area contributed by atoms with Gasteiger partial charge in [-0.15, -0.1) is 0 Å². The summed E-state index contributed by atoms with van der Waals surface area (Å²) < 4.78 is 0. The van der Waals surface area contributed by atoms with Crippen LogP contribution in [0, 0.1) is 0 Å². The Labute approximate surface area is 132 Å². The molecule has 3 heteroatoms. The van der Waals surface area contributed by atoms with Gasteiger partial charge in [-0.3, -0.25) is 0 Å². The molecular formula is C17H26ClNS. The van der Waals surface area contributed by atoms with Crippen molar-refractivity contribution >= 4 is 23.4 Å². The molecular weight excluding hydrogens is 286 g/mol. The molecule has 1 fully saturated rings. The number of thioether (sulfide) groups is 1. The van der Waals surface area contributed by atoms with E-state index in [9.17, 15) is 0 Å². The maximum absolute atomic E-state index is 6.00. The van der Waals surface area contributed by atoms with E-state index in [1.54, 1.807) is 0 Å². The third kappa shape index (κ3) is 4.41. The highest BCUT2D eigenvalue weighted by Crippen LogP contribution is 2.32. The summed E-state index contributed by atoms with van der Waals surface area (Å²) >= 11 is 8.13. The Morgan fingerprint density at radius 3 is 2.65 bits per heavy atom. The molecule has 0 spiro atoms. The quantitative estimate of drug-likeness (QED) is 0.719. The molecule has 1 aromatic rings. The first kappa shape index (κ1) is 16.2. The van der Waals surface area contributed by atoms with Crippen molar-refractivity contribution < 1.29 is 0 Å². The van der Waals surface area contributed by atoms with Gasteiger partial charge < -0.3 is 5.32 Å². The van der Waals surface area contributed by atoms with E-state index in [1.807, 2.05) is 12.1 Å². The van der Waals surface area contributed by atoms with Crippen LogP contribution < -0.4 is 5.32 Å². The first-order chi connectivity index (χ1) is 9.74. The first-order valence-electron chi connectivity index (χ1n) is 7.87. The number of hydrogen-bond donors (Lipinski definition) is 1. The molecule has 0 heterocycles. The minimum absolute atomic E-state index is 0.473. The minimum Gasteiger partial charge on any atom is -0.306 e.